The third-order valence-electron chi connectivity index (χ3n) is 1.86. The third kappa shape index (κ3) is 3.47. The smallest absolute Gasteiger partial charge is 0.222 e. The van der Waals surface area contributed by atoms with Gasteiger partial charge in [-0.15, -0.1) is 0 Å². The first-order valence-corrected chi connectivity index (χ1v) is 4.87. The summed E-state index contributed by atoms with van der Waals surface area (Å²) in [5.41, 5.74) is 0. The Morgan fingerprint density at radius 2 is 2.00 bits per heavy atom. The van der Waals surface area contributed by atoms with Crippen molar-refractivity contribution in [3.63, 3.8) is 0 Å². The molecule has 0 amide bonds. The number of aromatic nitrogens is 2. The number of rotatable bonds is 4. The average molecular weight is 216 g/mol. The van der Waals surface area contributed by atoms with Crippen LogP contribution in [0.5, 0.6) is 0 Å². The van der Waals surface area contributed by atoms with E-state index in [9.17, 15) is 5.11 Å². The van der Waals surface area contributed by atoms with Crippen LogP contribution in [0.4, 0.5) is 5.95 Å². The van der Waals surface area contributed by atoms with Gasteiger partial charge in [-0.3, -0.25) is 0 Å². The van der Waals surface area contributed by atoms with Crippen LogP contribution in [-0.4, -0.2) is 27.7 Å². The topological polar surface area (TPSA) is 58.0 Å². The zero-order valence-electron chi connectivity index (χ0n) is 8.24. The quantitative estimate of drug-likeness (QED) is 0.801. The minimum absolute atomic E-state index is 0.217. The number of anilines is 1. The number of nitrogens with one attached hydrogen (secondary N) is 1. The zero-order valence-corrected chi connectivity index (χ0v) is 8.99. The van der Waals surface area contributed by atoms with Crippen molar-refractivity contribution in [2.75, 3.05) is 11.9 Å². The predicted octanol–water partition coefficient (Wildman–Crippen LogP) is 1.56. The van der Waals surface area contributed by atoms with Crippen molar-refractivity contribution >= 4 is 17.5 Å². The Labute approximate surface area is 88.3 Å². The van der Waals surface area contributed by atoms with Gasteiger partial charge in [0.05, 0.1) is 23.5 Å². The van der Waals surface area contributed by atoms with Gasteiger partial charge in [0.15, 0.2) is 0 Å². The van der Waals surface area contributed by atoms with Crippen molar-refractivity contribution in [3.05, 3.63) is 17.4 Å². The maximum atomic E-state index is 9.50. The Balaban J connectivity index is 2.42. The van der Waals surface area contributed by atoms with Gasteiger partial charge in [0.25, 0.3) is 0 Å². The number of hydrogen-bond acceptors (Lipinski definition) is 4. The molecule has 1 rings (SSSR count). The van der Waals surface area contributed by atoms with E-state index in [-0.39, 0.29) is 5.92 Å². The second-order valence-electron chi connectivity index (χ2n) is 3.42. The van der Waals surface area contributed by atoms with E-state index in [4.69, 9.17) is 11.6 Å². The molecule has 0 aliphatic heterocycles. The van der Waals surface area contributed by atoms with Crippen molar-refractivity contribution < 1.29 is 5.11 Å². The zero-order chi connectivity index (χ0) is 10.6. The summed E-state index contributed by atoms with van der Waals surface area (Å²) in [6, 6.07) is 0. The molecule has 14 heavy (non-hydrogen) atoms. The van der Waals surface area contributed by atoms with Gasteiger partial charge in [0, 0.05) is 6.54 Å². The van der Waals surface area contributed by atoms with E-state index >= 15 is 0 Å². The lowest BCUT2D eigenvalue weighted by Crippen LogP contribution is -2.25. The molecular formula is C9H14ClN3O. The van der Waals surface area contributed by atoms with Crippen LogP contribution in [0.1, 0.15) is 13.8 Å². The standard InChI is InChI=1S/C9H14ClN3O/c1-6(2)8(14)5-13-9-11-3-7(10)4-12-9/h3-4,6,8,14H,5H2,1-2H3,(H,11,12,13). The molecule has 0 saturated heterocycles. The van der Waals surface area contributed by atoms with Crippen molar-refractivity contribution in [2.45, 2.75) is 20.0 Å². The van der Waals surface area contributed by atoms with Gasteiger partial charge >= 0.3 is 0 Å². The summed E-state index contributed by atoms with van der Waals surface area (Å²) in [5, 5.41) is 12.9. The molecule has 0 aromatic carbocycles. The molecule has 0 radical (unpaired) electrons. The third-order valence-corrected chi connectivity index (χ3v) is 2.05. The summed E-state index contributed by atoms with van der Waals surface area (Å²) < 4.78 is 0. The van der Waals surface area contributed by atoms with E-state index in [0.717, 1.165) is 0 Å². The lowest BCUT2D eigenvalue weighted by atomic mass is 10.1. The van der Waals surface area contributed by atoms with Gasteiger partial charge in [-0.25, -0.2) is 9.97 Å². The van der Waals surface area contributed by atoms with Crippen LogP contribution in [0.2, 0.25) is 5.02 Å². The number of aliphatic hydroxyl groups is 1. The summed E-state index contributed by atoms with van der Waals surface area (Å²) in [6.45, 7) is 4.35. The fourth-order valence-electron chi connectivity index (χ4n) is 0.835. The molecule has 0 bridgehead atoms. The molecule has 1 atom stereocenters. The highest BCUT2D eigenvalue weighted by Gasteiger charge is 2.08. The van der Waals surface area contributed by atoms with Gasteiger partial charge in [0.2, 0.25) is 5.95 Å². The molecular weight excluding hydrogens is 202 g/mol. The Morgan fingerprint density at radius 3 is 2.50 bits per heavy atom. The van der Waals surface area contributed by atoms with Gasteiger partial charge in [-0.05, 0) is 5.92 Å². The highest BCUT2D eigenvalue weighted by molar-refractivity contribution is 6.30. The molecule has 1 heterocycles. The first-order chi connectivity index (χ1) is 6.59. The van der Waals surface area contributed by atoms with E-state index in [2.05, 4.69) is 15.3 Å². The molecule has 0 aliphatic rings. The summed E-state index contributed by atoms with van der Waals surface area (Å²) in [7, 11) is 0. The maximum absolute atomic E-state index is 9.50. The second-order valence-corrected chi connectivity index (χ2v) is 3.85. The van der Waals surface area contributed by atoms with Crippen LogP contribution in [-0.2, 0) is 0 Å². The lowest BCUT2D eigenvalue weighted by Gasteiger charge is -2.14. The van der Waals surface area contributed by atoms with Gasteiger partial charge in [0.1, 0.15) is 0 Å². The molecule has 0 fully saturated rings. The Hall–Kier alpha value is -0.870. The van der Waals surface area contributed by atoms with Gasteiger partial charge in [-0.1, -0.05) is 25.4 Å². The van der Waals surface area contributed by atoms with E-state index in [1.54, 1.807) is 0 Å². The van der Waals surface area contributed by atoms with Crippen LogP contribution in [0.25, 0.3) is 0 Å². The summed E-state index contributed by atoms with van der Waals surface area (Å²) in [4.78, 5) is 7.89. The predicted molar refractivity (Wildman–Crippen MR) is 56.4 cm³/mol. The Bertz CT molecular complexity index is 276. The molecule has 0 aliphatic carbocycles. The van der Waals surface area contributed by atoms with Gasteiger partial charge in [-0.2, -0.15) is 0 Å². The highest BCUT2D eigenvalue weighted by Crippen LogP contribution is 2.06. The number of halogens is 1. The minimum Gasteiger partial charge on any atom is -0.391 e. The number of hydrogen-bond donors (Lipinski definition) is 2. The largest absolute Gasteiger partial charge is 0.391 e. The molecule has 1 unspecified atom stereocenters. The maximum Gasteiger partial charge on any atom is 0.222 e. The molecule has 1 aromatic rings. The Morgan fingerprint density at radius 1 is 1.43 bits per heavy atom. The fraction of sp³-hybridized carbons (Fsp3) is 0.556. The first-order valence-electron chi connectivity index (χ1n) is 4.49. The summed E-state index contributed by atoms with van der Waals surface area (Å²) in [5.74, 6) is 0.698. The molecule has 0 saturated carbocycles. The van der Waals surface area contributed by atoms with Crippen LogP contribution >= 0.6 is 11.6 Å². The summed E-state index contributed by atoms with van der Waals surface area (Å²) >= 11 is 5.62. The van der Waals surface area contributed by atoms with E-state index in [1.807, 2.05) is 13.8 Å². The highest BCUT2D eigenvalue weighted by atomic mass is 35.5. The second kappa shape index (κ2) is 5.12. The molecule has 78 valence electrons. The number of nitrogens with zero attached hydrogens (tertiary/aromatic N) is 2. The van der Waals surface area contributed by atoms with Crippen molar-refractivity contribution in [1.82, 2.24) is 9.97 Å². The lowest BCUT2D eigenvalue weighted by molar-refractivity contribution is 0.137. The van der Waals surface area contributed by atoms with Crippen LogP contribution in [0.3, 0.4) is 0 Å². The molecule has 0 spiro atoms. The molecule has 2 N–H and O–H groups in total. The minimum atomic E-state index is -0.394. The van der Waals surface area contributed by atoms with Crippen LogP contribution in [0.15, 0.2) is 12.4 Å². The molecule has 1 aromatic heterocycles. The van der Waals surface area contributed by atoms with E-state index in [1.165, 1.54) is 12.4 Å². The number of aliphatic hydroxyl groups excluding tert-OH is 1. The fourth-order valence-corrected chi connectivity index (χ4v) is 0.933. The monoisotopic (exact) mass is 215 g/mol. The van der Waals surface area contributed by atoms with Gasteiger partial charge < -0.3 is 10.4 Å². The van der Waals surface area contributed by atoms with E-state index in [0.29, 0.717) is 17.5 Å². The SMILES string of the molecule is CC(C)C(O)CNc1ncc(Cl)cn1. The first kappa shape index (κ1) is 11.2. The Kier molecular flexibility index (Phi) is 4.10. The average Bonchev–Trinajstić information content (AvgIpc) is 2.16. The van der Waals surface area contributed by atoms with Crippen LogP contribution < -0.4 is 5.32 Å². The van der Waals surface area contributed by atoms with Crippen molar-refractivity contribution in [3.8, 4) is 0 Å². The normalized spacial score (nSPS) is 12.9. The van der Waals surface area contributed by atoms with Crippen molar-refractivity contribution in [2.24, 2.45) is 5.92 Å². The van der Waals surface area contributed by atoms with Crippen LogP contribution in [0, 0.1) is 5.92 Å². The summed E-state index contributed by atoms with van der Waals surface area (Å²) in [6.07, 6.45) is 2.63. The van der Waals surface area contributed by atoms with Crippen molar-refractivity contribution in [1.29, 1.82) is 0 Å². The molecule has 5 heteroatoms. The van der Waals surface area contributed by atoms with E-state index < -0.39 is 6.10 Å². The molecule has 4 nitrogen and oxygen atoms in total.